The van der Waals surface area contributed by atoms with E-state index in [-0.39, 0.29) is 0 Å². The van der Waals surface area contributed by atoms with Crippen LogP contribution in [0.2, 0.25) is 0 Å². The topological polar surface area (TPSA) is 22.1 Å². The highest BCUT2D eigenvalue weighted by Crippen LogP contribution is 2.29. The van der Waals surface area contributed by atoms with Crippen LogP contribution < -0.4 is 4.74 Å². The number of hydrogen-bond acceptors (Lipinski definition) is 2. The van der Waals surface area contributed by atoms with Crippen molar-refractivity contribution in [1.82, 2.24) is 4.98 Å². The van der Waals surface area contributed by atoms with Crippen molar-refractivity contribution in [3.8, 4) is 28.1 Å². The standard InChI is InChI=1S/C32H23NO/c1-2-6-23(7-3-1)22-34-30-18-16-28-20-27(14-15-29(28)21-30)24-10-12-26(13-11-24)32-19-17-25-8-4-5-9-31(25)33-32/h1-21H,22H2. The molecule has 0 fully saturated rings. The normalized spacial score (nSPS) is 11.1. The van der Waals surface area contributed by atoms with Gasteiger partial charge in [-0.15, -0.1) is 0 Å². The molecule has 0 N–H and O–H groups in total. The second-order valence-electron chi connectivity index (χ2n) is 8.46. The molecular formula is C32H23NO. The number of nitrogens with zero attached hydrogens (tertiary/aromatic N) is 1. The molecule has 0 bridgehead atoms. The van der Waals surface area contributed by atoms with E-state index in [1.54, 1.807) is 0 Å². The molecule has 0 aliphatic carbocycles. The lowest BCUT2D eigenvalue weighted by molar-refractivity contribution is 0.306. The number of ether oxygens (including phenoxy) is 1. The van der Waals surface area contributed by atoms with E-state index in [2.05, 4.69) is 91.0 Å². The third-order valence-corrected chi connectivity index (χ3v) is 6.17. The minimum Gasteiger partial charge on any atom is -0.489 e. The molecule has 0 aliphatic rings. The summed E-state index contributed by atoms with van der Waals surface area (Å²) in [5, 5.41) is 3.53. The van der Waals surface area contributed by atoms with Gasteiger partial charge in [-0.3, -0.25) is 0 Å². The van der Waals surface area contributed by atoms with Crippen molar-refractivity contribution in [3.63, 3.8) is 0 Å². The van der Waals surface area contributed by atoms with Gasteiger partial charge in [-0.1, -0.05) is 97.1 Å². The molecule has 1 heterocycles. The third-order valence-electron chi connectivity index (χ3n) is 6.17. The Morgan fingerprint density at radius 3 is 2.06 bits per heavy atom. The van der Waals surface area contributed by atoms with Gasteiger partial charge in [0.2, 0.25) is 0 Å². The Bertz CT molecular complexity index is 1590. The fourth-order valence-electron chi connectivity index (χ4n) is 4.29. The van der Waals surface area contributed by atoms with Gasteiger partial charge in [-0.05, 0) is 57.8 Å². The van der Waals surface area contributed by atoms with E-state index in [4.69, 9.17) is 9.72 Å². The third kappa shape index (κ3) is 4.14. The Balaban J connectivity index is 1.22. The zero-order valence-corrected chi connectivity index (χ0v) is 18.7. The number of benzene rings is 5. The van der Waals surface area contributed by atoms with Crippen molar-refractivity contribution in [3.05, 3.63) is 133 Å². The van der Waals surface area contributed by atoms with Crippen LogP contribution in [-0.4, -0.2) is 4.98 Å². The van der Waals surface area contributed by atoms with E-state index < -0.39 is 0 Å². The molecule has 1 aromatic heterocycles. The average molecular weight is 438 g/mol. The van der Waals surface area contributed by atoms with Gasteiger partial charge in [0, 0.05) is 10.9 Å². The summed E-state index contributed by atoms with van der Waals surface area (Å²) in [4.78, 5) is 4.82. The van der Waals surface area contributed by atoms with Crippen LogP contribution in [0.15, 0.2) is 127 Å². The summed E-state index contributed by atoms with van der Waals surface area (Å²) in [6.45, 7) is 0.572. The van der Waals surface area contributed by atoms with Gasteiger partial charge in [0.15, 0.2) is 0 Å². The Morgan fingerprint density at radius 1 is 0.500 bits per heavy atom. The summed E-state index contributed by atoms with van der Waals surface area (Å²) in [5.74, 6) is 0.886. The first kappa shape index (κ1) is 20.2. The van der Waals surface area contributed by atoms with Crippen LogP contribution in [0, 0.1) is 0 Å². The predicted molar refractivity (Wildman–Crippen MR) is 141 cm³/mol. The number of aromatic nitrogens is 1. The first-order valence-corrected chi connectivity index (χ1v) is 11.5. The van der Waals surface area contributed by atoms with Gasteiger partial charge in [0.1, 0.15) is 12.4 Å². The SMILES string of the molecule is c1ccc(COc2ccc3cc(-c4ccc(-c5ccc6ccccc6n5)cc4)ccc3c2)cc1. The van der Waals surface area contributed by atoms with Crippen molar-refractivity contribution in [1.29, 1.82) is 0 Å². The van der Waals surface area contributed by atoms with Gasteiger partial charge < -0.3 is 4.74 Å². The summed E-state index contributed by atoms with van der Waals surface area (Å²) in [6.07, 6.45) is 0. The quantitative estimate of drug-likeness (QED) is 0.271. The first-order chi connectivity index (χ1) is 16.8. The van der Waals surface area contributed by atoms with E-state index >= 15 is 0 Å². The van der Waals surface area contributed by atoms with Crippen LogP contribution in [0.3, 0.4) is 0 Å². The molecule has 6 aromatic rings. The van der Waals surface area contributed by atoms with E-state index in [9.17, 15) is 0 Å². The van der Waals surface area contributed by atoms with Crippen molar-refractivity contribution >= 4 is 21.7 Å². The molecule has 6 rings (SSSR count). The second kappa shape index (κ2) is 8.84. The molecule has 0 spiro atoms. The number of hydrogen-bond donors (Lipinski definition) is 0. The van der Waals surface area contributed by atoms with Gasteiger partial charge in [-0.2, -0.15) is 0 Å². The lowest BCUT2D eigenvalue weighted by Gasteiger charge is -2.09. The monoisotopic (exact) mass is 437 g/mol. The zero-order chi connectivity index (χ0) is 22.7. The Kier molecular flexibility index (Phi) is 5.25. The van der Waals surface area contributed by atoms with Crippen LogP contribution in [0.4, 0.5) is 0 Å². The molecule has 2 nitrogen and oxygen atoms in total. The summed E-state index contributed by atoms with van der Waals surface area (Å²) < 4.78 is 5.99. The predicted octanol–water partition coefficient (Wildman–Crippen LogP) is 8.30. The van der Waals surface area contributed by atoms with Crippen LogP contribution in [0.1, 0.15) is 5.56 Å². The molecule has 0 atom stereocenters. The van der Waals surface area contributed by atoms with Gasteiger partial charge in [0.05, 0.1) is 11.2 Å². The zero-order valence-electron chi connectivity index (χ0n) is 18.7. The summed E-state index contributed by atoms with van der Waals surface area (Å²) >= 11 is 0. The molecule has 0 radical (unpaired) electrons. The lowest BCUT2D eigenvalue weighted by atomic mass is 9.99. The van der Waals surface area contributed by atoms with Crippen molar-refractivity contribution in [2.45, 2.75) is 6.61 Å². The molecule has 0 saturated heterocycles. The largest absolute Gasteiger partial charge is 0.489 e. The Labute approximate surface area is 199 Å². The van der Waals surface area contributed by atoms with Crippen LogP contribution in [0.25, 0.3) is 44.1 Å². The van der Waals surface area contributed by atoms with Crippen molar-refractivity contribution in [2.24, 2.45) is 0 Å². The van der Waals surface area contributed by atoms with E-state index in [1.807, 2.05) is 36.4 Å². The highest BCUT2D eigenvalue weighted by molar-refractivity contribution is 5.89. The highest BCUT2D eigenvalue weighted by atomic mass is 16.5. The lowest BCUT2D eigenvalue weighted by Crippen LogP contribution is -1.94. The molecule has 0 aliphatic heterocycles. The molecule has 162 valence electrons. The smallest absolute Gasteiger partial charge is 0.120 e. The maximum absolute atomic E-state index is 5.99. The number of pyridine rings is 1. The molecule has 5 aromatic carbocycles. The van der Waals surface area contributed by atoms with E-state index in [1.165, 1.54) is 27.5 Å². The van der Waals surface area contributed by atoms with Crippen LogP contribution in [0.5, 0.6) is 5.75 Å². The molecular weight excluding hydrogens is 414 g/mol. The molecule has 2 heteroatoms. The summed E-state index contributed by atoms with van der Waals surface area (Å²) in [5.41, 5.74) is 6.69. The van der Waals surface area contributed by atoms with E-state index in [0.29, 0.717) is 6.61 Å². The Morgan fingerprint density at radius 2 is 1.18 bits per heavy atom. The van der Waals surface area contributed by atoms with E-state index in [0.717, 1.165) is 27.9 Å². The maximum Gasteiger partial charge on any atom is 0.120 e. The first-order valence-electron chi connectivity index (χ1n) is 11.5. The highest BCUT2D eigenvalue weighted by Gasteiger charge is 2.05. The summed E-state index contributed by atoms with van der Waals surface area (Å²) in [6, 6.07) is 44.2. The fraction of sp³-hybridized carbons (Fsp3) is 0.0312. The number of rotatable bonds is 5. The minimum absolute atomic E-state index is 0.572. The molecule has 0 amide bonds. The number of fused-ring (bicyclic) bond motifs is 2. The molecule has 34 heavy (non-hydrogen) atoms. The molecule has 0 unspecified atom stereocenters. The van der Waals surface area contributed by atoms with Crippen LogP contribution >= 0.6 is 0 Å². The second-order valence-corrected chi connectivity index (χ2v) is 8.46. The van der Waals surface area contributed by atoms with Gasteiger partial charge in [0.25, 0.3) is 0 Å². The van der Waals surface area contributed by atoms with Crippen molar-refractivity contribution < 1.29 is 4.74 Å². The maximum atomic E-state index is 5.99. The van der Waals surface area contributed by atoms with Crippen molar-refractivity contribution in [2.75, 3.05) is 0 Å². The fourth-order valence-corrected chi connectivity index (χ4v) is 4.29. The summed E-state index contributed by atoms with van der Waals surface area (Å²) in [7, 11) is 0. The molecule has 0 saturated carbocycles. The average Bonchev–Trinajstić information content (AvgIpc) is 2.92. The number of para-hydroxylation sites is 1. The van der Waals surface area contributed by atoms with Gasteiger partial charge in [-0.25, -0.2) is 4.98 Å². The minimum atomic E-state index is 0.572. The van der Waals surface area contributed by atoms with Gasteiger partial charge >= 0.3 is 0 Å². The van der Waals surface area contributed by atoms with Crippen LogP contribution in [-0.2, 0) is 6.61 Å². The Hall–Kier alpha value is -4.43.